The van der Waals surface area contributed by atoms with Crippen LogP contribution in [0.2, 0.25) is 0 Å². The number of allylic oxidation sites excluding steroid dienone is 4. The molecule has 0 saturated heterocycles. The van der Waals surface area contributed by atoms with Crippen molar-refractivity contribution in [3.05, 3.63) is 49.1 Å². The van der Waals surface area contributed by atoms with Crippen LogP contribution in [0, 0.1) is 21.7 Å². The van der Waals surface area contributed by atoms with Crippen LogP contribution in [0.1, 0.15) is 41.5 Å². The largest absolute Gasteiger partial charge is 0.368 e. The molecule has 0 radical (unpaired) electrons. The molecule has 0 amide bonds. The van der Waals surface area contributed by atoms with E-state index in [-0.39, 0.29) is 21.7 Å². The van der Waals surface area contributed by atoms with Crippen molar-refractivity contribution in [2.75, 3.05) is 0 Å². The van der Waals surface area contributed by atoms with Crippen LogP contribution < -0.4 is 10.6 Å². The van der Waals surface area contributed by atoms with Gasteiger partial charge in [-0.05, 0) is 35.6 Å². The second-order valence-corrected chi connectivity index (χ2v) is 7.90. The number of hydrogen-bond acceptors (Lipinski definition) is 2. The first kappa shape index (κ1) is 15.0. The van der Waals surface area contributed by atoms with Gasteiger partial charge in [-0.2, -0.15) is 0 Å². The number of rotatable bonds is 1. The Kier molecular flexibility index (Phi) is 3.40. The number of dihydropyridines is 2. The Bertz CT molecular complexity index is 409. The van der Waals surface area contributed by atoms with Gasteiger partial charge >= 0.3 is 0 Å². The van der Waals surface area contributed by atoms with Gasteiger partial charge < -0.3 is 10.6 Å². The summed E-state index contributed by atoms with van der Waals surface area (Å²) in [5, 5.41) is 6.39. The molecule has 2 heterocycles. The van der Waals surface area contributed by atoms with Crippen LogP contribution in [0.4, 0.5) is 0 Å². The first-order valence-electron chi connectivity index (χ1n) is 7.39. The Labute approximate surface area is 123 Å². The van der Waals surface area contributed by atoms with E-state index in [0.29, 0.717) is 0 Å². The maximum Gasteiger partial charge on any atom is 0.0276 e. The summed E-state index contributed by atoms with van der Waals surface area (Å²) in [7, 11) is 0. The van der Waals surface area contributed by atoms with Crippen LogP contribution >= 0.6 is 0 Å². The summed E-state index contributed by atoms with van der Waals surface area (Å²) >= 11 is 0. The lowest BCUT2D eigenvalue weighted by Gasteiger charge is -2.59. The summed E-state index contributed by atoms with van der Waals surface area (Å²) in [6, 6.07) is 0. The summed E-state index contributed by atoms with van der Waals surface area (Å²) < 4.78 is 0. The second kappa shape index (κ2) is 4.54. The first-order valence-corrected chi connectivity index (χ1v) is 7.39. The lowest BCUT2D eigenvalue weighted by molar-refractivity contribution is 0.0109. The zero-order valence-corrected chi connectivity index (χ0v) is 13.6. The lowest BCUT2D eigenvalue weighted by Crippen LogP contribution is -2.54. The molecule has 2 aliphatic rings. The molecular formula is C18H28N2. The van der Waals surface area contributed by atoms with E-state index in [2.05, 4.69) is 101 Å². The average molecular weight is 272 g/mol. The van der Waals surface area contributed by atoms with Crippen molar-refractivity contribution in [3.8, 4) is 0 Å². The van der Waals surface area contributed by atoms with Gasteiger partial charge in [0.15, 0.2) is 0 Å². The van der Waals surface area contributed by atoms with Gasteiger partial charge in [-0.15, -0.1) is 0 Å². The van der Waals surface area contributed by atoms with Crippen LogP contribution in [0.25, 0.3) is 0 Å². The molecular weight excluding hydrogens is 244 g/mol. The van der Waals surface area contributed by atoms with Gasteiger partial charge in [0.05, 0.1) is 0 Å². The quantitative estimate of drug-likeness (QED) is 0.743. The smallest absolute Gasteiger partial charge is 0.0276 e. The molecule has 20 heavy (non-hydrogen) atoms. The molecule has 0 unspecified atom stereocenters. The van der Waals surface area contributed by atoms with Gasteiger partial charge in [-0.25, -0.2) is 0 Å². The standard InChI is InChI=1S/C18H28N2/c1-15(2,3)17(7-11-19-12-8-17)18(16(4,5)6)9-13-20-14-10-18/h7-14,19-20H,1-6H3. The fourth-order valence-electron chi connectivity index (χ4n) is 3.73. The minimum absolute atomic E-state index is 0.0708. The molecule has 2 nitrogen and oxygen atoms in total. The summed E-state index contributed by atoms with van der Waals surface area (Å²) in [5.74, 6) is 0. The Balaban J connectivity index is 2.73. The van der Waals surface area contributed by atoms with E-state index in [1.807, 2.05) is 0 Å². The molecule has 0 saturated carbocycles. The summed E-state index contributed by atoms with van der Waals surface area (Å²) in [6.45, 7) is 13.9. The van der Waals surface area contributed by atoms with Gasteiger partial charge in [0, 0.05) is 10.8 Å². The molecule has 0 aromatic heterocycles. The molecule has 110 valence electrons. The van der Waals surface area contributed by atoms with Gasteiger partial charge in [0.1, 0.15) is 0 Å². The van der Waals surface area contributed by atoms with Crippen LogP contribution in [0.15, 0.2) is 49.1 Å². The van der Waals surface area contributed by atoms with E-state index >= 15 is 0 Å². The minimum Gasteiger partial charge on any atom is -0.368 e. The first-order chi connectivity index (χ1) is 9.16. The third kappa shape index (κ3) is 1.93. The normalized spacial score (nSPS) is 23.3. The van der Waals surface area contributed by atoms with E-state index in [1.165, 1.54) is 0 Å². The maximum absolute atomic E-state index is 3.19. The van der Waals surface area contributed by atoms with E-state index in [1.54, 1.807) is 0 Å². The highest BCUT2D eigenvalue weighted by molar-refractivity contribution is 5.37. The fourth-order valence-corrected chi connectivity index (χ4v) is 3.73. The predicted octanol–water partition coefficient (Wildman–Crippen LogP) is 4.31. The SMILES string of the molecule is CC(C)(C)C1(C2(C(C)(C)C)C=CNC=C2)C=CNC=C1. The Morgan fingerprint density at radius 1 is 0.550 bits per heavy atom. The summed E-state index contributed by atoms with van der Waals surface area (Å²) in [4.78, 5) is 0. The Morgan fingerprint density at radius 3 is 1.00 bits per heavy atom. The lowest BCUT2D eigenvalue weighted by atomic mass is 9.44. The van der Waals surface area contributed by atoms with Gasteiger partial charge in [0.25, 0.3) is 0 Å². The third-order valence-corrected chi connectivity index (χ3v) is 4.94. The summed E-state index contributed by atoms with van der Waals surface area (Å²) in [6.07, 6.45) is 17.6. The van der Waals surface area contributed by atoms with Gasteiger partial charge in [-0.3, -0.25) is 0 Å². The zero-order chi connectivity index (χ0) is 15.1. The van der Waals surface area contributed by atoms with E-state index in [0.717, 1.165) is 0 Å². The highest BCUT2D eigenvalue weighted by Gasteiger charge is 2.58. The van der Waals surface area contributed by atoms with E-state index in [9.17, 15) is 0 Å². The van der Waals surface area contributed by atoms with Crippen molar-refractivity contribution in [1.82, 2.24) is 10.6 Å². The Hall–Kier alpha value is -1.44. The molecule has 0 atom stereocenters. The monoisotopic (exact) mass is 272 g/mol. The van der Waals surface area contributed by atoms with Crippen LogP contribution in [-0.4, -0.2) is 0 Å². The zero-order valence-electron chi connectivity index (χ0n) is 13.6. The molecule has 0 fully saturated rings. The molecule has 2 aliphatic heterocycles. The highest BCUT2D eigenvalue weighted by atomic mass is 14.8. The van der Waals surface area contributed by atoms with Crippen molar-refractivity contribution < 1.29 is 0 Å². The fraction of sp³-hybridized carbons (Fsp3) is 0.556. The molecule has 2 N–H and O–H groups in total. The van der Waals surface area contributed by atoms with Crippen molar-refractivity contribution in [3.63, 3.8) is 0 Å². The molecule has 2 rings (SSSR count). The van der Waals surface area contributed by atoms with Crippen LogP contribution in [0.3, 0.4) is 0 Å². The van der Waals surface area contributed by atoms with Crippen LogP contribution in [0.5, 0.6) is 0 Å². The van der Waals surface area contributed by atoms with Crippen molar-refractivity contribution in [1.29, 1.82) is 0 Å². The molecule has 0 spiro atoms. The Morgan fingerprint density at radius 2 is 0.800 bits per heavy atom. The molecule has 2 heteroatoms. The van der Waals surface area contributed by atoms with Crippen molar-refractivity contribution in [2.45, 2.75) is 41.5 Å². The van der Waals surface area contributed by atoms with Crippen molar-refractivity contribution >= 4 is 0 Å². The molecule has 0 bridgehead atoms. The number of nitrogens with one attached hydrogen (secondary N) is 2. The average Bonchev–Trinajstić information content (AvgIpc) is 2.38. The highest BCUT2D eigenvalue weighted by Crippen LogP contribution is 2.63. The molecule has 0 aromatic carbocycles. The maximum atomic E-state index is 3.19. The summed E-state index contributed by atoms with van der Waals surface area (Å²) in [5.41, 5.74) is 0.0556. The topological polar surface area (TPSA) is 24.1 Å². The second-order valence-electron chi connectivity index (χ2n) is 7.90. The van der Waals surface area contributed by atoms with Crippen molar-refractivity contribution in [2.24, 2.45) is 21.7 Å². The van der Waals surface area contributed by atoms with Gasteiger partial charge in [0.2, 0.25) is 0 Å². The predicted molar refractivity (Wildman–Crippen MR) is 86.6 cm³/mol. The van der Waals surface area contributed by atoms with E-state index < -0.39 is 0 Å². The van der Waals surface area contributed by atoms with Crippen LogP contribution in [-0.2, 0) is 0 Å². The molecule has 0 aromatic rings. The minimum atomic E-state index is -0.0708. The third-order valence-electron chi connectivity index (χ3n) is 4.94. The molecule has 0 aliphatic carbocycles. The van der Waals surface area contributed by atoms with Gasteiger partial charge in [-0.1, -0.05) is 65.8 Å². The van der Waals surface area contributed by atoms with E-state index in [4.69, 9.17) is 0 Å². The number of hydrogen-bond donors (Lipinski definition) is 2.